The van der Waals surface area contributed by atoms with Gasteiger partial charge in [0.2, 0.25) is 5.91 Å². The van der Waals surface area contributed by atoms with Gasteiger partial charge in [0.15, 0.2) is 5.96 Å². The molecular formula is C24H40N6O2. The number of nitrogens with one attached hydrogen (secondary N) is 3. The second-order valence-electron chi connectivity index (χ2n) is 9.03. The molecule has 1 amide bonds. The summed E-state index contributed by atoms with van der Waals surface area (Å²) in [6.07, 6.45) is 3.83. The van der Waals surface area contributed by atoms with E-state index in [1.165, 1.54) is 5.56 Å². The quantitative estimate of drug-likeness (QED) is 0.339. The van der Waals surface area contributed by atoms with Crippen LogP contribution in [-0.4, -0.2) is 74.3 Å². The van der Waals surface area contributed by atoms with Crippen molar-refractivity contribution >= 4 is 11.9 Å². The first-order chi connectivity index (χ1) is 15.5. The van der Waals surface area contributed by atoms with Gasteiger partial charge in [0.1, 0.15) is 0 Å². The Bertz CT molecular complexity index is 727. The van der Waals surface area contributed by atoms with Crippen LogP contribution in [0.15, 0.2) is 35.3 Å². The van der Waals surface area contributed by atoms with Gasteiger partial charge in [-0.25, -0.2) is 0 Å². The topological polar surface area (TPSA) is 104 Å². The average molecular weight is 445 g/mol. The van der Waals surface area contributed by atoms with Gasteiger partial charge in [-0.05, 0) is 45.1 Å². The lowest BCUT2D eigenvalue weighted by Crippen LogP contribution is -2.54. The number of guanidine groups is 1. The first kappa shape index (κ1) is 24.5. The molecule has 3 rings (SSSR count). The van der Waals surface area contributed by atoms with Crippen LogP contribution in [0.2, 0.25) is 0 Å². The molecule has 1 unspecified atom stereocenters. The molecule has 1 aromatic rings. The maximum absolute atomic E-state index is 11.2. The molecule has 0 radical (unpaired) electrons. The minimum atomic E-state index is -0.259. The molecular weight excluding hydrogens is 404 g/mol. The number of rotatable bonds is 9. The molecule has 2 aliphatic rings. The molecule has 0 bridgehead atoms. The molecule has 8 nitrogen and oxygen atoms in total. The molecule has 1 aromatic carbocycles. The summed E-state index contributed by atoms with van der Waals surface area (Å²) >= 11 is 0. The molecule has 8 heteroatoms. The van der Waals surface area contributed by atoms with Gasteiger partial charge >= 0.3 is 0 Å². The largest absolute Gasteiger partial charge is 0.381 e. The molecule has 2 fully saturated rings. The van der Waals surface area contributed by atoms with Gasteiger partial charge in [-0.1, -0.05) is 30.3 Å². The van der Waals surface area contributed by atoms with E-state index in [4.69, 9.17) is 15.5 Å². The Morgan fingerprint density at radius 2 is 1.94 bits per heavy atom. The maximum Gasteiger partial charge on any atom is 0.231 e. The molecule has 0 aromatic heterocycles. The van der Waals surface area contributed by atoms with Gasteiger partial charge in [0.05, 0.1) is 13.1 Å². The predicted octanol–water partition coefficient (Wildman–Crippen LogP) is 1.39. The molecule has 0 saturated carbocycles. The van der Waals surface area contributed by atoms with Crippen LogP contribution in [0.1, 0.15) is 51.1 Å². The van der Waals surface area contributed by atoms with E-state index >= 15 is 0 Å². The Kier molecular flexibility index (Phi) is 9.32. The molecule has 32 heavy (non-hydrogen) atoms. The van der Waals surface area contributed by atoms with Crippen LogP contribution >= 0.6 is 0 Å². The molecule has 2 saturated heterocycles. The number of aliphatic imine (C=N–C) groups is 1. The molecule has 0 spiro atoms. The number of likely N-dealkylation sites (tertiary alicyclic amines) is 1. The predicted molar refractivity (Wildman–Crippen MR) is 129 cm³/mol. The summed E-state index contributed by atoms with van der Waals surface area (Å²) in [7, 11) is 0. The van der Waals surface area contributed by atoms with Gasteiger partial charge in [-0.15, -0.1) is 0 Å². The smallest absolute Gasteiger partial charge is 0.231 e. The highest BCUT2D eigenvalue weighted by molar-refractivity contribution is 5.80. The molecule has 2 heterocycles. The number of nitrogens with two attached hydrogens (primary N) is 1. The van der Waals surface area contributed by atoms with Crippen LogP contribution in [0.5, 0.6) is 0 Å². The van der Waals surface area contributed by atoms with E-state index in [0.717, 1.165) is 64.5 Å². The van der Waals surface area contributed by atoms with E-state index in [1.54, 1.807) is 0 Å². The number of hydrogen-bond donors (Lipinski definition) is 4. The number of nitrogens with zero attached hydrogens (tertiary/aromatic N) is 2. The van der Waals surface area contributed by atoms with Crippen LogP contribution in [0.25, 0.3) is 0 Å². The van der Waals surface area contributed by atoms with Crippen LogP contribution < -0.4 is 21.7 Å². The van der Waals surface area contributed by atoms with E-state index in [0.29, 0.717) is 19.1 Å². The number of piperidine rings is 1. The molecule has 2 aliphatic heterocycles. The summed E-state index contributed by atoms with van der Waals surface area (Å²) in [6.45, 7) is 9.43. The fraction of sp³-hybridized carbons (Fsp3) is 0.667. The zero-order valence-electron chi connectivity index (χ0n) is 19.6. The van der Waals surface area contributed by atoms with E-state index < -0.39 is 0 Å². The summed E-state index contributed by atoms with van der Waals surface area (Å²) in [6, 6.07) is 11.2. The monoisotopic (exact) mass is 444 g/mol. The van der Waals surface area contributed by atoms with Crippen molar-refractivity contribution in [3.05, 3.63) is 35.9 Å². The zero-order valence-corrected chi connectivity index (χ0v) is 19.6. The summed E-state index contributed by atoms with van der Waals surface area (Å²) in [5.41, 5.74) is 6.54. The Morgan fingerprint density at radius 1 is 1.25 bits per heavy atom. The fourth-order valence-electron chi connectivity index (χ4n) is 4.59. The number of ether oxygens (including phenoxy) is 1. The highest BCUT2D eigenvalue weighted by Crippen LogP contribution is 2.26. The highest BCUT2D eigenvalue weighted by Gasteiger charge is 2.34. The van der Waals surface area contributed by atoms with Crippen molar-refractivity contribution in [2.24, 2.45) is 10.7 Å². The van der Waals surface area contributed by atoms with Crippen LogP contribution in [-0.2, 0) is 9.53 Å². The fourth-order valence-corrected chi connectivity index (χ4v) is 4.59. The first-order valence-corrected chi connectivity index (χ1v) is 12.0. The van der Waals surface area contributed by atoms with Crippen molar-refractivity contribution in [3.8, 4) is 0 Å². The Hall–Kier alpha value is -2.16. The first-order valence-electron chi connectivity index (χ1n) is 12.0. The summed E-state index contributed by atoms with van der Waals surface area (Å²) in [5.74, 6) is 0.603. The Morgan fingerprint density at radius 3 is 2.56 bits per heavy atom. The number of carbonyl (C=O) groups excluding carboxylic acids is 1. The number of benzene rings is 1. The number of primary amides is 1. The minimum absolute atomic E-state index is 0.0826. The normalized spacial score (nSPS) is 21.1. The van der Waals surface area contributed by atoms with Crippen molar-refractivity contribution in [2.45, 2.75) is 57.2 Å². The second kappa shape index (κ2) is 12.2. The SMILES string of the molecule is CCNC(=NCC1(NC(C)c2ccccc2)CCOCC1)NC1CCN(CC(N)=O)CC1. The molecule has 1 atom stereocenters. The van der Waals surface area contributed by atoms with E-state index in [2.05, 4.69) is 65.0 Å². The van der Waals surface area contributed by atoms with Gasteiger partial charge in [0, 0.05) is 50.5 Å². The van der Waals surface area contributed by atoms with E-state index in [9.17, 15) is 4.79 Å². The van der Waals surface area contributed by atoms with E-state index in [-0.39, 0.29) is 17.5 Å². The summed E-state index contributed by atoms with van der Waals surface area (Å²) < 4.78 is 5.67. The average Bonchev–Trinajstić information content (AvgIpc) is 2.80. The van der Waals surface area contributed by atoms with Gasteiger partial charge < -0.3 is 26.4 Å². The van der Waals surface area contributed by atoms with Gasteiger partial charge in [0.25, 0.3) is 0 Å². The Labute approximate surface area is 192 Å². The molecule has 0 aliphatic carbocycles. The summed E-state index contributed by atoms with van der Waals surface area (Å²) in [4.78, 5) is 18.3. The zero-order chi connectivity index (χ0) is 22.8. The van der Waals surface area contributed by atoms with Crippen LogP contribution in [0.4, 0.5) is 0 Å². The third-order valence-electron chi connectivity index (χ3n) is 6.46. The second-order valence-corrected chi connectivity index (χ2v) is 9.03. The standard InChI is InChI=1S/C24H40N6O2/c1-3-26-23(28-21-9-13-30(14-10-21)17-22(25)31)27-18-24(11-15-32-16-12-24)29-19(2)20-7-5-4-6-8-20/h4-8,19,21,29H,3,9-18H2,1-2H3,(H2,25,31)(H2,26,27,28). The third kappa shape index (κ3) is 7.46. The van der Waals surface area contributed by atoms with Crippen molar-refractivity contribution in [1.29, 1.82) is 0 Å². The van der Waals surface area contributed by atoms with Crippen LogP contribution in [0, 0.1) is 0 Å². The molecule has 5 N–H and O–H groups in total. The maximum atomic E-state index is 11.2. The van der Waals surface area contributed by atoms with Crippen molar-refractivity contribution < 1.29 is 9.53 Å². The number of hydrogen-bond acceptors (Lipinski definition) is 5. The lowest BCUT2D eigenvalue weighted by molar-refractivity contribution is -0.119. The summed E-state index contributed by atoms with van der Waals surface area (Å²) in [5, 5.41) is 10.9. The lowest BCUT2D eigenvalue weighted by Gasteiger charge is -2.39. The lowest BCUT2D eigenvalue weighted by atomic mass is 9.88. The van der Waals surface area contributed by atoms with E-state index in [1.807, 2.05) is 0 Å². The third-order valence-corrected chi connectivity index (χ3v) is 6.46. The van der Waals surface area contributed by atoms with Crippen LogP contribution in [0.3, 0.4) is 0 Å². The highest BCUT2D eigenvalue weighted by atomic mass is 16.5. The number of amides is 1. The number of carbonyl (C=O) groups is 1. The van der Waals surface area contributed by atoms with Crippen molar-refractivity contribution in [2.75, 3.05) is 45.9 Å². The van der Waals surface area contributed by atoms with Gasteiger partial charge in [-0.3, -0.25) is 14.7 Å². The Balaban J connectivity index is 1.62. The van der Waals surface area contributed by atoms with Gasteiger partial charge in [-0.2, -0.15) is 0 Å². The van der Waals surface area contributed by atoms with Crippen molar-refractivity contribution in [3.63, 3.8) is 0 Å². The van der Waals surface area contributed by atoms with Crippen molar-refractivity contribution in [1.82, 2.24) is 20.9 Å². The minimum Gasteiger partial charge on any atom is -0.381 e. The molecule has 178 valence electrons.